The molecule has 5 heteroatoms. The normalized spacial score (nSPS) is 16.8. The van der Waals surface area contributed by atoms with Gasteiger partial charge in [-0.2, -0.15) is 0 Å². The summed E-state index contributed by atoms with van der Waals surface area (Å²) in [4.78, 5) is 26.9. The Bertz CT molecular complexity index is 300. The van der Waals surface area contributed by atoms with E-state index in [4.69, 9.17) is 5.73 Å². The van der Waals surface area contributed by atoms with Gasteiger partial charge in [-0.15, -0.1) is 0 Å². The van der Waals surface area contributed by atoms with E-state index in [1.54, 1.807) is 7.05 Å². The second kappa shape index (κ2) is 5.38. The fourth-order valence-electron chi connectivity index (χ4n) is 2.22. The molecule has 17 heavy (non-hydrogen) atoms. The number of urea groups is 1. The topological polar surface area (TPSA) is 66.6 Å². The highest BCUT2D eigenvalue weighted by molar-refractivity contribution is 5.86. The zero-order valence-electron chi connectivity index (χ0n) is 11.1. The number of nitrogens with zero attached hydrogens (tertiary/aromatic N) is 2. The summed E-state index contributed by atoms with van der Waals surface area (Å²) in [6, 6.07) is -0.265. The molecule has 0 bridgehead atoms. The summed E-state index contributed by atoms with van der Waals surface area (Å²) in [7, 11) is 1.66. The zero-order valence-corrected chi connectivity index (χ0v) is 11.1. The first-order valence-electron chi connectivity index (χ1n) is 6.22. The fourth-order valence-corrected chi connectivity index (χ4v) is 2.22. The van der Waals surface area contributed by atoms with Crippen LogP contribution in [0.25, 0.3) is 0 Å². The largest absolute Gasteiger partial charge is 0.368 e. The maximum Gasteiger partial charge on any atom is 0.320 e. The third-order valence-electron chi connectivity index (χ3n) is 3.22. The van der Waals surface area contributed by atoms with Crippen LogP contribution in [0, 0.1) is 5.92 Å². The van der Waals surface area contributed by atoms with Gasteiger partial charge in [-0.25, -0.2) is 4.79 Å². The molecular formula is C12H23N3O2. The van der Waals surface area contributed by atoms with Crippen LogP contribution in [0.15, 0.2) is 0 Å². The Morgan fingerprint density at radius 3 is 2.18 bits per heavy atom. The zero-order chi connectivity index (χ0) is 13.2. The monoisotopic (exact) mass is 241 g/mol. The van der Waals surface area contributed by atoms with Crippen LogP contribution in [-0.2, 0) is 4.79 Å². The van der Waals surface area contributed by atoms with Crippen molar-refractivity contribution in [1.29, 1.82) is 0 Å². The van der Waals surface area contributed by atoms with E-state index in [0.717, 1.165) is 12.8 Å². The molecule has 1 atom stereocenters. The Hall–Kier alpha value is -1.26. The van der Waals surface area contributed by atoms with Crippen LogP contribution in [0.3, 0.4) is 0 Å². The van der Waals surface area contributed by atoms with Crippen molar-refractivity contribution >= 4 is 11.9 Å². The average Bonchev–Trinajstić information content (AvgIpc) is 3.01. The number of hydrogen-bond acceptors (Lipinski definition) is 2. The van der Waals surface area contributed by atoms with E-state index < -0.39 is 11.9 Å². The summed E-state index contributed by atoms with van der Waals surface area (Å²) in [5.74, 6) is -0.415. The van der Waals surface area contributed by atoms with Gasteiger partial charge < -0.3 is 15.5 Å². The molecule has 1 aliphatic rings. The lowest BCUT2D eigenvalue weighted by Gasteiger charge is -2.33. The molecule has 0 aromatic heterocycles. The SMILES string of the molecule is CCN(C(=O)N(C)[C@H](C(N)=O)C(C)C)C1CC1. The van der Waals surface area contributed by atoms with E-state index in [1.807, 2.05) is 25.7 Å². The summed E-state index contributed by atoms with van der Waals surface area (Å²) in [5.41, 5.74) is 5.36. The van der Waals surface area contributed by atoms with Gasteiger partial charge in [0.1, 0.15) is 6.04 Å². The van der Waals surface area contributed by atoms with Crippen LogP contribution >= 0.6 is 0 Å². The average molecular weight is 241 g/mol. The van der Waals surface area contributed by atoms with Crippen molar-refractivity contribution in [1.82, 2.24) is 9.80 Å². The summed E-state index contributed by atoms with van der Waals surface area (Å²) in [6.45, 7) is 6.43. The summed E-state index contributed by atoms with van der Waals surface area (Å²) < 4.78 is 0. The Kier molecular flexibility index (Phi) is 4.37. The molecule has 0 unspecified atom stereocenters. The summed E-state index contributed by atoms with van der Waals surface area (Å²) >= 11 is 0. The van der Waals surface area contributed by atoms with Crippen LogP contribution in [0.1, 0.15) is 33.6 Å². The minimum Gasteiger partial charge on any atom is -0.368 e. The van der Waals surface area contributed by atoms with Gasteiger partial charge in [0.15, 0.2) is 0 Å². The molecule has 3 amide bonds. The minimum atomic E-state index is -0.532. The van der Waals surface area contributed by atoms with E-state index in [0.29, 0.717) is 12.6 Å². The van der Waals surface area contributed by atoms with E-state index in [9.17, 15) is 9.59 Å². The molecule has 5 nitrogen and oxygen atoms in total. The molecule has 0 spiro atoms. The van der Waals surface area contributed by atoms with Gasteiger partial charge in [-0.05, 0) is 25.7 Å². The Labute approximate surface area is 103 Å². The van der Waals surface area contributed by atoms with Crippen molar-refractivity contribution in [2.24, 2.45) is 11.7 Å². The van der Waals surface area contributed by atoms with Crippen molar-refractivity contribution in [2.75, 3.05) is 13.6 Å². The predicted octanol–water partition coefficient (Wildman–Crippen LogP) is 1.03. The first-order chi connectivity index (χ1) is 7.90. The third-order valence-corrected chi connectivity index (χ3v) is 3.22. The molecule has 0 radical (unpaired) electrons. The molecule has 1 aliphatic carbocycles. The number of nitrogens with two attached hydrogens (primary N) is 1. The van der Waals surface area contributed by atoms with E-state index in [1.165, 1.54) is 4.90 Å². The first kappa shape index (κ1) is 13.8. The maximum absolute atomic E-state index is 12.3. The molecule has 2 N–H and O–H groups in total. The van der Waals surface area contributed by atoms with Gasteiger partial charge in [0, 0.05) is 19.6 Å². The van der Waals surface area contributed by atoms with Gasteiger partial charge in [0.05, 0.1) is 0 Å². The van der Waals surface area contributed by atoms with Gasteiger partial charge in [-0.1, -0.05) is 13.8 Å². The highest BCUT2D eigenvalue weighted by Crippen LogP contribution is 2.28. The molecule has 1 saturated carbocycles. The van der Waals surface area contributed by atoms with Gasteiger partial charge >= 0.3 is 6.03 Å². The molecule has 0 aliphatic heterocycles. The van der Waals surface area contributed by atoms with Crippen LogP contribution < -0.4 is 5.73 Å². The molecule has 1 rings (SSSR count). The lowest BCUT2D eigenvalue weighted by atomic mass is 10.0. The first-order valence-corrected chi connectivity index (χ1v) is 6.22. The summed E-state index contributed by atoms with van der Waals surface area (Å²) in [6.07, 6.45) is 2.13. The number of hydrogen-bond donors (Lipinski definition) is 1. The van der Waals surface area contributed by atoms with E-state index in [-0.39, 0.29) is 11.9 Å². The highest BCUT2D eigenvalue weighted by Gasteiger charge is 2.36. The van der Waals surface area contributed by atoms with Crippen molar-refractivity contribution in [3.63, 3.8) is 0 Å². The number of amides is 3. The smallest absolute Gasteiger partial charge is 0.320 e. The third kappa shape index (κ3) is 3.11. The molecule has 98 valence electrons. The fraction of sp³-hybridized carbons (Fsp3) is 0.833. The molecule has 1 fully saturated rings. The van der Waals surface area contributed by atoms with Gasteiger partial charge in [-0.3, -0.25) is 4.79 Å². The Morgan fingerprint density at radius 2 is 1.88 bits per heavy atom. The Balaban J connectivity index is 2.75. The van der Waals surface area contributed by atoms with Crippen molar-refractivity contribution in [3.8, 4) is 0 Å². The number of primary amides is 1. The second-order valence-electron chi connectivity index (χ2n) is 5.00. The molecule has 0 heterocycles. The number of likely N-dealkylation sites (N-methyl/N-ethyl adjacent to an activating group) is 1. The maximum atomic E-state index is 12.3. The molecular weight excluding hydrogens is 218 g/mol. The number of carbonyl (C=O) groups excluding carboxylic acids is 2. The van der Waals surface area contributed by atoms with E-state index in [2.05, 4.69) is 0 Å². The van der Waals surface area contributed by atoms with Crippen molar-refractivity contribution in [3.05, 3.63) is 0 Å². The quantitative estimate of drug-likeness (QED) is 0.781. The number of carbonyl (C=O) groups is 2. The van der Waals surface area contributed by atoms with Crippen LogP contribution in [0.5, 0.6) is 0 Å². The second-order valence-corrected chi connectivity index (χ2v) is 5.00. The number of rotatable bonds is 5. The lowest BCUT2D eigenvalue weighted by Crippen LogP contribution is -2.53. The Morgan fingerprint density at radius 1 is 1.35 bits per heavy atom. The minimum absolute atomic E-state index is 0.0272. The molecule has 0 aromatic rings. The van der Waals surface area contributed by atoms with E-state index >= 15 is 0 Å². The van der Waals surface area contributed by atoms with Crippen molar-refractivity contribution in [2.45, 2.75) is 45.7 Å². The van der Waals surface area contributed by atoms with Crippen LogP contribution in [0.4, 0.5) is 4.79 Å². The van der Waals surface area contributed by atoms with Crippen LogP contribution in [-0.4, -0.2) is 47.4 Å². The summed E-state index contributed by atoms with van der Waals surface area (Å²) in [5, 5.41) is 0. The van der Waals surface area contributed by atoms with Gasteiger partial charge in [0.25, 0.3) is 0 Å². The van der Waals surface area contributed by atoms with Crippen LogP contribution in [0.2, 0.25) is 0 Å². The molecule has 0 saturated heterocycles. The lowest BCUT2D eigenvalue weighted by molar-refractivity contribution is -0.123. The van der Waals surface area contributed by atoms with Crippen molar-refractivity contribution < 1.29 is 9.59 Å². The molecule has 0 aromatic carbocycles. The predicted molar refractivity (Wildman–Crippen MR) is 66.4 cm³/mol. The van der Waals surface area contributed by atoms with Gasteiger partial charge in [0.2, 0.25) is 5.91 Å². The standard InChI is InChI=1S/C12H23N3O2/c1-5-15(9-6-7-9)12(17)14(4)10(8(2)3)11(13)16/h8-10H,5-7H2,1-4H3,(H2,13,16)/t10-/m0/s1. The highest BCUT2D eigenvalue weighted by atomic mass is 16.2.